The van der Waals surface area contributed by atoms with Crippen molar-refractivity contribution < 1.29 is 10.0 Å². The fourth-order valence-corrected chi connectivity index (χ4v) is 1.25. The van der Waals surface area contributed by atoms with Crippen molar-refractivity contribution in [1.82, 2.24) is 0 Å². The van der Waals surface area contributed by atoms with Crippen molar-refractivity contribution in [1.29, 1.82) is 0 Å². The molecule has 0 aromatic heterocycles. The van der Waals surface area contributed by atoms with E-state index in [9.17, 15) is 10.0 Å². The van der Waals surface area contributed by atoms with Crippen molar-refractivity contribution in [2.24, 2.45) is 0 Å². The number of rotatable bonds is 1. The van der Waals surface area contributed by atoms with Crippen LogP contribution in [-0.4, -0.2) is 11.1 Å². The standard InChI is InChI=1S/C8H8BrNO2/c1-6(11)10(12)8-5-3-2-4-7(8)9/h2-5,12H,1H3. The summed E-state index contributed by atoms with van der Waals surface area (Å²) in [6.07, 6.45) is 0. The number of hydrogen-bond acceptors (Lipinski definition) is 2. The molecule has 0 aliphatic rings. The van der Waals surface area contributed by atoms with Gasteiger partial charge in [-0.25, -0.2) is 0 Å². The van der Waals surface area contributed by atoms with E-state index < -0.39 is 5.91 Å². The molecular weight excluding hydrogens is 222 g/mol. The molecule has 1 N–H and O–H groups in total. The smallest absolute Gasteiger partial charge is 0.247 e. The van der Waals surface area contributed by atoms with E-state index in [0.717, 1.165) is 0 Å². The van der Waals surface area contributed by atoms with E-state index in [1.165, 1.54) is 6.92 Å². The highest BCUT2D eigenvalue weighted by Gasteiger charge is 2.09. The van der Waals surface area contributed by atoms with E-state index in [4.69, 9.17) is 0 Å². The topological polar surface area (TPSA) is 40.5 Å². The van der Waals surface area contributed by atoms with E-state index in [1.54, 1.807) is 18.2 Å². The number of hydrogen-bond donors (Lipinski definition) is 1. The van der Waals surface area contributed by atoms with Crippen LogP contribution in [0, 0.1) is 0 Å². The Kier molecular flexibility index (Phi) is 2.83. The van der Waals surface area contributed by atoms with Gasteiger partial charge in [0.2, 0.25) is 5.91 Å². The van der Waals surface area contributed by atoms with Gasteiger partial charge >= 0.3 is 0 Å². The molecule has 0 radical (unpaired) electrons. The van der Waals surface area contributed by atoms with Gasteiger partial charge in [0, 0.05) is 11.4 Å². The fraction of sp³-hybridized carbons (Fsp3) is 0.125. The summed E-state index contributed by atoms with van der Waals surface area (Å²) in [4.78, 5) is 10.8. The zero-order chi connectivity index (χ0) is 9.14. The second-order valence-electron chi connectivity index (χ2n) is 2.28. The number of halogens is 1. The summed E-state index contributed by atoms with van der Waals surface area (Å²) in [6, 6.07) is 6.95. The van der Waals surface area contributed by atoms with E-state index in [0.29, 0.717) is 15.2 Å². The summed E-state index contributed by atoms with van der Waals surface area (Å²) in [5, 5.41) is 9.83. The van der Waals surface area contributed by atoms with Gasteiger partial charge < -0.3 is 0 Å². The first kappa shape index (κ1) is 9.22. The highest BCUT2D eigenvalue weighted by Crippen LogP contribution is 2.24. The number of anilines is 1. The van der Waals surface area contributed by atoms with Crippen molar-refractivity contribution in [2.75, 3.05) is 5.06 Å². The average molecular weight is 230 g/mol. The Hall–Kier alpha value is -0.870. The molecule has 1 rings (SSSR count). The molecule has 4 heteroatoms. The Morgan fingerprint density at radius 3 is 2.58 bits per heavy atom. The van der Waals surface area contributed by atoms with Gasteiger partial charge in [0.15, 0.2) is 0 Å². The molecule has 0 heterocycles. The third-order valence-electron chi connectivity index (χ3n) is 1.38. The maximum absolute atomic E-state index is 10.8. The van der Waals surface area contributed by atoms with E-state index in [1.807, 2.05) is 6.07 Å². The summed E-state index contributed by atoms with van der Waals surface area (Å²) in [7, 11) is 0. The number of carbonyl (C=O) groups excluding carboxylic acids is 1. The molecule has 64 valence electrons. The largest absolute Gasteiger partial charge is 0.281 e. The number of nitrogens with zero attached hydrogens (tertiary/aromatic N) is 1. The molecule has 0 spiro atoms. The van der Waals surface area contributed by atoms with Gasteiger partial charge in [-0.15, -0.1) is 0 Å². The normalized spacial score (nSPS) is 9.58. The van der Waals surface area contributed by atoms with E-state index in [-0.39, 0.29) is 0 Å². The van der Waals surface area contributed by atoms with Gasteiger partial charge in [-0.1, -0.05) is 12.1 Å². The molecule has 12 heavy (non-hydrogen) atoms. The third-order valence-corrected chi connectivity index (χ3v) is 2.05. The summed E-state index contributed by atoms with van der Waals surface area (Å²) < 4.78 is 0.683. The van der Waals surface area contributed by atoms with Crippen LogP contribution in [-0.2, 0) is 4.79 Å². The lowest BCUT2D eigenvalue weighted by molar-refractivity contribution is -0.121. The highest BCUT2D eigenvalue weighted by atomic mass is 79.9. The van der Waals surface area contributed by atoms with Gasteiger partial charge in [-0.05, 0) is 28.1 Å². The molecule has 0 saturated heterocycles. The quantitative estimate of drug-likeness (QED) is 0.593. The summed E-state index contributed by atoms with van der Waals surface area (Å²) >= 11 is 3.21. The first-order valence-corrected chi connectivity index (χ1v) is 4.16. The fourth-order valence-electron chi connectivity index (χ4n) is 0.793. The zero-order valence-corrected chi connectivity index (χ0v) is 8.08. The van der Waals surface area contributed by atoms with Gasteiger partial charge in [0.05, 0.1) is 5.69 Å². The van der Waals surface area contributed by atoms with Crippen LogP contribution in [0.15, 0.2) is 28.7 Å². The molecule has 1 aromatic carbocycles. The van der Waals surface area contributed by atoms with Crippen LogP contribution < -0.4 is 5.06 Å². The van der Waals surface area contributed by atoms with Crippen LogP contribution in [0.1, 0.15) is 6.92 Å². The predicted octanol–water partition coefficient (Wildman–Crippen LogP) is 2.19. The van der Waals surface area contributed by atoms with Crippen molar-refractivity contribution in [3.8, 4) is 0 Å². The number of benzene rings is 1. The lowest BCUT2D eigenvalue weighted by Crippen LogP contribution is -2.23. The first-order valence-electron chi connectivity index (χ1n) is 3.37. The maximum Gasteiger partial charge on any atom is 0.247 e. The SMILES string of the molecule is CC(=O)N(O)c1ccccc1Br. The van der Waals surface area contributed by atoms with Crippen LogP contribution in [0.5, 0.6) is 0 Å². The highest BCUT2D eigenvalue weighted by molar-refractivity contribution is 9.10. The van der Waals surface area contributed by atoms with Gasteiger partial charge in [0.1, 0.15) is 0 Å². The summed E-state index contributed by atoms with van der Waals surface area (Å²) in [6.45, 7) is 1.29. The lowest BCUT2D eigenvalue weighted by atomic mass is 10.3. The van der Waals surface area contributed by atoms with Crippen molar-refractivity contribution in [3.05, 3.63) is 28.7 Å². The monoisotopic (exact) mass is 229 g/mol. The predicted molar refractivity (Wildman–Crippen MR) is 49.1 cm³/mol. The second kappa shape index (κ2) is 3.69. The van der Waals surface area contributed by atoms with Crippen LogP contribution in [0.2, 0.25) is 0 Å². The number of hydroxylamine groups is 1. The van der Waals surface area contributed by atoms with Crippen LogP contribution in [0.3, 0.4) is 0 Å². The first-order chi connectivity index (χ1) is 5.63. The molecule has 0 bridgehead atoms. The molecule has 0 saturated carbocycles. The molecule has 0 unspecified atom stereocenters. The van der Waals surface area contributed by atoms with Crippen LogP contribution in [0.25, 0.3) is 0 Å². The molecule has 1 aromatic rings. The summed E-state index contributed by atoms with van der Waals surface area (Å²) in [5.41, 5.74) is 0.449. The van der Waals surface area contributed by atoms with Crippen molar-refractivity contribution >= 4 is 27.5 Å². The Morgan fingerprint density at radius 2 is 2.08 bits per heavy atom. The number of para-hydroxylation sites is 1. The van der Waals surface area contributed by atoms with E-state index >= 15 is 0 Å². The van der Waals surface area contributed by atoms with Crippen molar-refractivity contribution in [3.63, 3.8) is 0 Å². The minimum absolute atomic E-state index is 0.415. The second-order valence-corrected chi connectivity index (χ2v) is 3.14. The van der Waals surface area contributed by atoms with Crippen LogP contribution >= 0.6 is 15.9 Å². The van der Waals surface area contributed by atoms with Crippen molar-refractivity contribution in [2.45, 2.75) is 6.92 Å². The molecule has 0 aliphatic heterocycles. The molecule has 0 atom stereocenters. The zero-order valence-electron chi connectivity index (χ0n) is 6.49. The number of carbonyl (C=O) groups is 1. The summed E-state index contributed by atoms with van der Waals surface area (Å²) in [5.74, 6) is -0.415. The maximum atomic E-state index is 10.8. The van der Waals surface area contributed by atoms with Gasteiger partial charge in [-0.3, -0.25) is 10.0 Å². The molecule has 0 aliphatic carbocycles. The van der Waals surface area contributed by atoms with E-state index in [2.05, 4.69) is 15.9 Å². The Balaban J connectivity index is 3.02. The Morgan fingerprint density at radius 1 is 1.50 bits per heavy atom. The van der Waals surface area contributed by atoms with Crippen LogP contribution in [0.4, 0.5) is 5.69 Å². The molecule has 3 nitrogen and oxygen atoms in total. The molecule has 1 amide bonds. The molecule has 0 fully saturated rings. The minimum Gasteiger partial charge on any atom is -0.281 e. The van der Waals surface area contributed by atoms with Gasteiger partial charge in [-0.2, -0.15) is 5.06 Å². The lowest BCUT2D eigenvalue weighted by Gasteiger charge is -2.13. The molecular formula is C8H8BrNO2. The number of amides is 1. The third kappa shape index (κ3) is 1.84. The minimum atomic E-state index is -0.415. The average Bonchev–Trinajstić information content (AvgIpc) is 2.04. The Bertz CT molecular complexity index is 301. The Labute approximate surface area is 78.7 Å². The van der Waals surface area contributed by atoms with Gasteiger partial charge in [0.25, 0.3) is 0 Å².